The maximum atomic E-state index is 12.8. The summed E-state index contributed by atoms with van der Waals surface area (Å²) in [5, 5.41) is 9.93. The van der Waals surface area contributed by atoms with E-state index >= 15 is 0 Å². The lowest BCUT2D eigenvalue weighted by atomic mass is 9.84. The van der Waals surface area contributed by atoms with Crippen LogP contribution in [0.4, 0.5) is 13.2 Å². The molecule has 2 unspecified atom stereocenters. The summed E-state index contributed by atoms with van der Waals surface area (Å²) < 4.78 is 49.2. The van der Waals surface area contributed by atoms with Gasteiger partial charge in [0.05, 0.1) is 12.2 Å². The predicted octanol–water partition coefficient (Wildman–Crippen LogP) is 6.44. The van der Waals surface area contributed by atoms with Crippen molar-refractivity contribution in [1.82, 2.24) is 0 Å². The highest BCUT2D eigenvalue weighted by atomic mass is 19.4. The maximum Gasteiger partial charge on any atom is 0.416 e. The summed E-state index contributed by atoms with van der Waals surface area (Å²) in [4.78, 5) is 24.8. The van der Waals surface area contributed by atoms with E-state index in [9.17, 15) is 27.9 Å². The summed E-state index contributed by atoms with van der Waals surface area (Å²) in [6.45, 7) is 7.55. The van der Waals surface area contributed by atoms with Gasteiger partial charge < -0.3 is 14.6 Å². The van der Waals surface area contributed by atoms with E-state index in [0.29, 0.717) is 16.7 Å². The SMILES string of the molecule is CC(CC(=O)OCC1(CO)C/C(=C/c2ccc(-c3ccc(C(F)(F)F)cc3)cc2)C(=O)O1)CC(C)(C)C. The van der Waals surface area contributed by atoms with Gasteiger partial charge in [-0.2, -0.15) is 13.2 Å². The number of aliphatic hydroxyl groups is 1. The first-order chi connectivity index (χ1) is 17.2. The zero-order chi connectivity index (χ0) is 27.4. The summed E-state index contributed by atoms with van der Waals surface area (Å²) >= 11 is 0. The summed E-state index contributed by atoms with van der Waals surface area (Å²) in [5.74, 6) is -0.875. The third-order valence-electron chi connectivity index (χ3n) is 6.14. The molecule has 1 saturated heterocycles. The second-order valence-electron chi connectivity index (χ2n) is 11.0. The molecule has 0 bridgehead atoms. The fourth-order valence-electron chi connectivity index (χ4n) is 4.54. The Hall–Kier alpha value is -3.13. The molecule has 0 spiro atoms. The molecule has 37 heavy (non-hydrogen) atoms. The monoisotopic (exact) mass is 518 g/mol. The highest BCUT2D eigenvalue weighted by Gasteiger charge is 2.44. The van der Waals surface area contributed by atoms with Crippen LogP contribution in [0, 0.1) is 11.3 Å². The van der Waals surface area contributed by atoms with Gasteiger partial charge in [0, 0.05) is 18.4 Å². The molecule has 1 aliphatic heterocycles. The zero-order valence-corrected chi connectivity index (χ0v) is 21.5. The van der Waals surface area contributed by atoms with Crippen molar-refractivity contribution in [3.63, 3.8) is 0 Å². The van der Waals surface area contributed by atoms with Gasteiger partial charge in [0.2, 0.25) is 0 Å². The van der Waals surface area contributed by atoms with Gasteiger partial charge in [-0.15, -0.1) is 0 Å². The van der Waals surface area contributed by atoms with Crippen LogP contribution in [0.1, 0.15) is 58.1 Å². The van der Waals surface area contributed by atoms with Crippen molar-refractivity contribution >= 4 is 18.0 Å². The molecule has 1 fully saturated rings. The zero-order valence-electron chi connectivity index (χ0n) is 21.5. The second kappa shape index (κ2) is 11.1. The number of hydrogen-bond acceptors (Lipinski definition) is 5. The number of hydrogen-bond donors (Lipinski definition) is 1. The van der Waals surface area contributed by atoms with Gasteiger partial charge in [-0.05, 0) is 52.7 Å². The average Bonchev–Trinajstić information content (AvgIpc) is 3.12. The van der Waals surface area contributed by atoms with Crippen LogP contribution in [0.2, 0.25) is 0 Å². The van der Waals surface area contributed by atoms with Gasteiger partial charge in [0.25, 0.3) is 0 Å². The molecule has 5 nitrogen and oxygen atoms in total. The molecule has 3 rings (SSSR count). The smallest absolute Gasteiger partial charge is 0.416 e. The number of carbonyl (C=O) groups is 2. The van der Waals surface area contributed by atoms with Gasteiger partial charge in [0.1, 0.15) is 6.61 Å². The molecule has 0 aromatic heterocycles. The topological polar surface area (TPSA) is 72.8 Å². The largest absolute Gasteiger partial charge is 0.461 e. The van der Waals surface area contributed by atoms with E-state index in [1.807, 2.05) is 6.92 Å². The molecular formula is C29H33F3O5. The summed E-state index contributed by atoms with van der Waals surface area (Å²) in [6.07, 6.45) is -1.60. The minimum absolute atomic E-state index is 0.0772. The van der Waals surface area contributed by atoms with E-state index in [1.165, 1.54) is 12.1 Å². The Morgan fingerprint density at radius 2 is 1.65 bits per heavy atom. The van der Waals surface area contributed by atoms with Crippen molar-refractivity contribution < 1.29 is 37.3 Å². The highest BCUT2D eigenvalue weighted by Crippen LogP contribution is 2.34. The molecule has 0 radical (unpaired) electrons. The van der Waals surface area contributed by atoms with E-state index in [1.54, 1.807) is 30.3 Å². The Morgan fingerprint density at radius 3 is 2.16 bits per heavy atom. The number of alkyl halides is 3. The lowest BCUT2D eigenvalue weighted by molar-refractivity contribution is -0.166. The summed E-state index contributed by atoms with van der Waals surface area (Å²) in [6, 6.07) is 11.9. The van der Waals surface area contributed by atoms with Crippen LogP contribution in [0.5, 0.6) is 0 Å². The molecule has 0 saturated carbocycles. The van der Waals surface area contributed by atoms with Crippen molar-refractivity contribution in [3.05, 3.63) is 65.2 Å². The van der Waals surface area contributed by atoms with Gasteiger partial charge in [-0.1, -0.05) is 64.1 Å². The Morgan fingerprint density at radius 1 is 1.08 bits per heavy atom. The van der Waals surface area contributed by atoms with Gasteiger partial charge >= 0.3 is 18.1 Å². The number of esters is 2. The Labute approximate surface area is 215 Å². The van der Waals surface area contributed by atoms with Crippen molar-refractivity contribution in [2.45, 2.75) is 58.7 Å². The predicted molar refractivity (Wildman–Crippen MR) is 134 cm³/mol. The normalized spacial score (nSPS) is 20.1. The van der Waals surface area contributed by atoms with Crippen LogP contribution < -0.4 is 0 Å². The highest BCUT2D eigenvalue weighted by molar-refractivity contribution is 5.96. The van der Waals surface area contributed by atoms with E-state index < -0.39 is 35.9 Å². The number of rotatable bonds is 8. The fraction of sp³-hybridized carbons (Fsp3) is 0.448. The lowest BCUT2D eigenvalue weighted by Crippen LogP contribution is -2.39. The average molecular weight is 519 g/mol. The van der Waals surface area contributed by atoms with Crippen molar-refractivity contribution in [3.8, 4) is 11.1 Å². The van der Waals surface area contributed by atoms with E-state index in [0.717, 1.165) is 24.1 Å². The quantitative estimate of drug-likeness (QED) is 0.322. The molecule has 2 atom stereocenters. The lowest BCUT2D eigenvalue weighted by Gasteiger charge is -2.25. The molecule has 200 valence electrons. The number of halogens is 3. The minimum atomic E-state index is -4.39. The van der Waals surface area contributed by atoms with Crippen molar-refractivity contribution in [2.24, 2.45) is 11.3 Å². The third kappa shape index (κ3) is 7.92. The first kappa shape index (κ1) is 28.4. The number of cyclic esters (lactones) is 1. The van der Waals surface area contributed by atoms with Crippen LogP contribution in [0.25, 0.3) is 17.2 Å². The second-order valence-corrected chi connectivity index (χ2v) is 11.0. The van der Waals surface area contributed by atoms with Crippen molar-refractivity contribution in [1.29, 1.82) is 0 Å². The van der Waals surface area contributed by atoms with Gasteiger partial charge in [-0.3, -0.25) is 4.79 Å². The minimum Gasteiger partial charge on any atom is -0.461 e. The number of carbonyl (C=O) groups excluding carboxylic acids is 2. The van der Waals surface area contributed by atoms with Crippen LogP contribution in [0.3, 0.4) is 0 Å². The van der Waals surface area contributed by atoms with E-state index in [4.69, 9.17) is 9.47 Å². The van der Waals surface area contributed by atoms with Gasteiger partial charge in [-0.25, -0.2) is 4.79 Å². The molecule has 1 N–H and O–H groups in total. The van der Waals surface area contributed by atoms with Crippen molar-refractivity contribution in [2.75, 3.05) is 13.2 Å². The number of aliphatic hydroxyl groups excluding tert-OH is 1. The molecule has 2 aromatic rings. The van der Waals surface area contributed by atoms with Crippen LogP contribution in [-0.4, -0.2) is 35.9 Å². The summed E-state index contributed by atoms with van der Waals surface area (Å²) in [5.41, 5.74) is 0.412. The summed E-state index contributed by atoms with van der Waals surface area (Å²) in [7, 11) is 0. The Kier molecular flexibility index (Phi) is 8.52. The van der Waals surface area contributed by atoms with E-state index in [2.05, 4.69) is 20.8 Å². The number of ether oxygens (including phenoxy) is 2. The molecule has 1 heterocycles. The third-order valence-corrected chi connectivity index (χ3v) is 6.14. The molecule has 8 heteroatoms. The van der Waals surface area contributed by atoms with Crippen LogP contribution >= 0.6 is 0 Å². The Balaban J connectivity index is 1.63. The van der Waals surface area contributed by atoms with Crippen LogP contribution in [0.15, 0.2) is 54.1 Å². The first-order valence-corrected chi connectivity index (χ1v) is 12.2. The number of benzene rings is 2. The standard InChI is InChI=1S/C29H33F3O5/c1-19(15-27(2,3)4)13-25(34)36-18-28(17-33)16-23(26(35)37-28)14-20-5-7-21(8-6-20)22-9-11-24(12-10-22)29(30,31)32/h5-12,14,19,33H,13,15-18H2,1-4H3/b23-14-. The molecule has 1 aliphatic rings. The Bertz CT molecular complexity index is 1130. The molecule has 0 amide bonds. The maximum absolute atomic E-state index is 12.8. The fourth-order valence-corrected chi connectivity index (χ4v) is 4.54. The molecule has 0 aliphatic carbocycles. The first-order valence-electron chi connectivity index (χ1n) is 12.2. The van der Waals surface area contributed by atoms with Crippen LogP contribution in [-0.2, 0) is 25.2 Å². The van der Waals surface area contributed by atoms with Gasteiger partial charge in [0.15, 0.2) is 5.60 Å². The van der Waals surface area contributed by atoms with E-state index in [-0.39, 0.29) is 30.8 Å². The molecule has 2 aromatic carbocycles. The molecular weight excluding hydrogens is 485 g/mol.